The zero-order valence-electron chi connectivity index (χ0n) is 12.2. The first-order valence-electron chi connectivity index (χ1n) is 6.68. The fourth-order valence-electron chi connectivity index (χ4n) is 2.00. The number of ether oxygens (including phenoxy) is 1. The molecule has 0 heterocycles. The van der Waals surface area contributed by atoms with Crippen molar-refractivity contribution in [2.45, 2.75) is 13.0 Å². The first kappa shape index (κ1) is 16.4. The number of nitro benzene ring substituents is 2. The van der Waals surface area contributed by atoms with Crippen molar-refractivity contribution in [1.29, 1.82) is 0 Å². The van der Waals surface area contributed by atoms with Gasteiger partial charge in [-0.15, -0.1) is 0 Å². The zero-order chi connectivity index (χ0) is 17.0. The molecule has 1 atom stereocenters. The Kier molecular flexibility index (Phi) is 4.87. The fourth-order valence-corrected chi connectivity index (χ4v) is 2.00. The molecule has 1 N–H and O–H groups in total. The molecule has 2 rings (SSSR count). The summed E-state index contributed by atoms with van der Waals surface area (Å²) in [7, 11) is 0. The van der Waals surface area contributed by atoms with Crippen molar-refractivity contribution in [3.63, 3.8) is 0 Å². The molecule has 0 radical (unpaired) electrons. The standard InChI is InChI=1S/C15H14N2O6/c1-10-5-6-15(13(7-10)17(21)22)23-9-14(18)11-3-2-4-12(8-11)16(19)20/h2-8,14,18H,9H2,1H3. The lowest BCUT2D eigenvalue weighted by molar-refractivity contribution is -0.386. The number of nitro groups is 2. The smallest absolute Gasteiger partial charge is 0.311 e. The van der Waals surface area contributed by atoms with Gasteiger partial charge >= 0.3 is 5.69 Å². The third kappa shape index (κ3) is 4.01. The van der Waals surface area contributed by atoms with Crippen LogP contribution >= 0.6 is 0 Å². The SMILES string of the molecule is Cc1ccc(OCC(O)c2cccc([N+](=O)[O-])c2)c([N+](=O)[O-])c1. The number of hydrogen-bond donors (Lipinski definition) is 1. The third-order valence-electron chi connectivity index (χ3n) is 3.17. The number of nitrogens with zero attached hydrogens (tertiary/aromatic N) is 2. The Morgan fingerprint density at radius 2 is 1.87 bits per heavy atom. The topological polar surface area (TPSA) is 116 Å². The molecular weight excluding hydrogens is 304 g/mol. The highest BCUT2D eigenvalue weighted by atomic mass is 16.6. The van der Waals surface area contributed by atoms with Crippen molar-refractivity contribution >= 4 is 11.4 Å². The van der Waals surface area contributed by atoms with Gasteiger partial charge in [-0.1, -0.05) is 18.2 Å². The Morgan fingerprint density at radius 3 is 2.52 bits per heavy atom. The number of rotatable bonds is 6. The van der Waals surface area contributed by atoms with Crippen molar-refractivity contribution in [1.82, 2.24) is 0 Å². The van der Waals surface area contributed by atoms with Gasteiger partial charge in [0.05, 0.1) is 9.85 Å². The molecule has 0 aliphatic rings. The molecule has 23 heavy (non-hydrogen) atoms. The zero-order valence-corrected chi connectivity index (χ0v) is 12.2. The van der Waals surface area contributed by atoms with E-state index >= 15 is 0 Å². The van der Waals surface area contributed by atoms with Crippen LogP contribution in [0.25, 0.3) is 0 Å². The van der Waals surface area contributed by atoms with Gasteiger partial charge in [-0.05, 0) is 24.1 Å². The lowest BCUT2D eigenvalue weighted by atomic mass is 10.1. The minimum Gasteiger partial charge on any atom is -0.484 e. The summed E-state index contributed by atoms with van der Waals surface area (Å²) < 4.78 is 5.31. The summed E-state index contributed by atoms with van der Waals surface area (Å²) in [6, 6.07) is 9.99. The van der Waals surface area contributed by atoms with E-state index < -0.39 is 16.0 Å². The van der Waals surface area contributed by atoms with Crippen molar-refractivity contribution in [2.24, 2.45) is 0 Å². The van der Waals surface area contributed by atoms with Crippen molar-refractivity contribution in [2.75, 3.05) is 6.61 Å². The Balaban J connectivity index is 2.13. The van der Waals surface area contributed by atoms with Gasteiger partial charge < -0.3 is 9.84 Å². The summed E-state index contributed by atoms with van der Waals surface area (Å²) in [5.41, 5.74) is 0.663. The summed E-state index contributed by atoms with van der Waals surface area (Å²) in [5.74, 6) is 0.0325. The molecule has 2 aromatic carbocycles. The number of aryl methyl sites for hydroxylation is 1. The van der Waals surface area contributed by atoms with Crippen molar-refractivity contribution in [3.8, 4) is 5.75 Å². The Bertz CT molecular complexity index is 746. The van der Waals surface area contributed by atoms with E-state index in [9.17, 15) is 25.3 Å². The van der Waals surface area contributed by atoms with Crippen molar-refractivity contribution < 1.29 is 19.7 Å². The van der Waals surface area contributed by atoms with Gasteiger partial charge in [-0.25, -0.2) is 0 Å². The molecule has 0 fully saturated rings. The van der Waals surface area contributed by atoms with Crippen LogP contribution in [0.5, 0.6) is 5.75 Å². The summed E-state index contributed by atoms with van der Waals surface area (Å²) >= 11 is 0. The van der Waals surface area contributed by atoms with Gasteiger partial charge in [-0.3, -0.25) is 20.2 Å². The fraction of sp³-hybridized carbons (Fsp3) is 0.200. The Hall–Kier alpha value is -3.00. The van der Waals surface area contributed by atoms with Crippen LogP contribution in [0.4, 0.5) is 11.4 Å². The number of non-ortho nitro benzene ring substituents is 1. The summed E-state index contributed by atoms with van der Waals surface area (Å²) in [6.07, 6.45) is -1.14. The molecule has 0 bridgehead atoms. The second-order valence-electron chi connectivity index (χ2n) is 4.91. The quantitative estimate of drug-likeness (QED) is 0.646. The molecule has 0 aliphatic carbocycles. The van der Waals surface area contributed by atoms with E-state index in [0.717, 1.165) is 0 Å². The highest BCUT2D eigenvalue weighted by Gasteiger charge is 2.18. The largest absolute Gasteiger partial charge is 0.484 e. The van der Waals surface area contributed by atoms with Crippen LogP contribution in [0.2, 0.25) is 0 Å². The molecule has 0 aliphatic heterocycles. The number of aliphatic hydroxyl groups excluding tert-OH is 1. The molecule has 8 nitrogen and oxygen atoms in total. The second-order valence-corrected chi connectivity index (χ2v) is 4.91. The van der Waals surface area contributed by atoms with Gasteiger partial charge in [-0.2, -0.15) is 0 Å². The predicted octanol–water partition coefficient (Wildman–Crippen LogP) is 2.92. The summed E-state index contributed by atoms with van der Waals surface area (Å²) in [5, 5.41) is 31.8. The average molecular weight is 318 g/mol. The molecule has 2 aromatic rings. The first-order valence-corrected chi connectivity index (χ1v) is 6.68. The summed E-state index contributed by atoms with van der Waals surface area (Å²) in [6.45, 7) is 1.46. The molecule has 0 spiro atoms. The molecule has 0 saturated carbocycles. The molecule has 1 unspecified atom stereocenters. The van der Waals surface area contributed by atoms with Crippen LogP contribution in [0, 0.1) is 27.2 Å². The van der Waals surface area contributed by atoms with Gasteiger partial charge in [0.15, 0.2) is 5.75 Å². The van der Waals surface area contributed by atoms with E-state index in [2.05, 4.69) is 0 Å². The van der Waals surface area contributed by atoms with Gasteiger partial charge in [0, 0.05) is 18.2 Å². The number of aliphatic hydroxyl groups is 1. The minimum absolute atomic E-state index is 0.0325. The van der Waals surface area contributed by atoms with Crippen LogP contribution in [-0.4, -0.2) is 21.6 Å². The van der Waals surface area contributed by atoms with E-state index in [4.69, 9.17) is 4.74 Å². The van der Waals surface area contributed by atoms with E-state index in [1.165, 1.54) is 36.4 Å². The number of benzene rings is 2. The maximum Gasteiger partial charge on any atom is 0.311 e. The van der Waals surface area contributed by atoms with Crippen LogP contribution in [0.1, 0.15) is 17.2 Å². The lowest BCUT2D eigenvalue weighted by Gasteiger charge is -2.13. The van der Waals surface area contributed by atoms with Crippen LogP contribution in [0.15, 0.2) is 42.5 Å². The highest BCUT2D eigenvalue weighted by molar-refractivity contribution is 5.48. The van der Waals surface area contributed by atoms with E-state index in [-0.39, 0.29) is 23.7 Å². The Morgan fingerprint density at radius 1 is 1.13 bits per heavy atom. The molecule has 120 valence electrons. The third-order valence-corrected chi connectivity index (χ3v) is 3.17. The second kappa shape index (κ2) is 6.84. The van der Waals surface area contributed by atoms with Gasteiger partial charge in [0.25, 0.3) is 5.69 Å². The highest BCUT2D eigenvalue weighted by Crippen LogP contribution is 2.29. The molecular formula is C15H14N2O6. The maximum absolute atomic E-state index is 11.0. The van der Waals surface area contributed by atoms with Gasteiger partial charge in [0.1, 0.15) is 12.7 Å². The lowest BCUT2D eigenvalue weighted by Crippen LogP contribution is -2.11. The average Bonchev–Trinajstić information content (AvgIpc) is 2.53. The monoisotopic (exact) mass is 318 g/mol. The number of hydrogen-bond acceptors (Lipinski definition) is 6. The minimum atomic E-state index is -1.14. The van der Waals surface area contributed by atoms with E-state index in [1.54, 1.807) is 13.0 Å². The molecule has 8 heteroatoms. The first-order chi connectivity index (χ1) is 10.9. The molecule has 0 saturated heterocycles. The van der Waals surface area contributed by atoms with Crippen LogP contribution in [0.3, 0.4) is 0 Å². The van der Waals surface area contributed by atoms with Crippen molar-refractivity contribution in [3.05, 3.63) is 73.8 Å². The maximum atomic E-state index is 11.0. The van der Waals surface area contributed by atoms with Gasteiger partial charge in [0.2, 0.25) is 0 Å². The van der Waals surface area contributed by atoms with Crippen LogP contribution < -0.4 is 4.74 Å². The summed E-state index contributed by atoms with van der Waals surface area (Å²) in [4.78, 5) is 20.6. The molecule has 0 aromatic heterocycles. The Labute approximate surface area is 131 Å². The molecule has 0 amide bonds. The van der Waals surface area contributed by atoms with Crippen LogP contribution in [-0.2, 0) is 0 Å². The predicted molar refractivity (Wildman–Crippen MR) is 81.4 cm³/mol. The normalized spacial score (nSPS) is 11.7. The van der Waals surface area contributed by atoms with E-state index in [1.807, 2.05) is 0 Å². The van der Waals surface area contributed by atoms with E-state index in [0.29, 0.717) is 11.1 Å².